The highest BCUT2D eigenvalue weighted by Crippen LogP contribution is 2.32. The minimum Gasteiger partial charge on any atom is -0.381 e. The van der Waals surface area contributed by atoms with Gasteiger partial charge in [-0.2, -0.15) is 0 Å². The molecular formula is C15H31NO2. The minimum atomic E-state index is 0.175. The molecule has 3 nitrogen and oxygen atoms in total. The van der Waals surface area contributed by atoms with Gasteiger partial charge in [0, 0.05) is 37.3 Å². The summed E-state index contributed by atoms with van der Waals surface area (Å²) in [6, 6.07) is 0. The van der Waals surface area contributed by atoms with Crippen molar-refractivity contribution < 1.29 is 9.47 Å². The Morgan fingerprint density at radius 2 is 2.06 bits per heavy atom. The number of rotatable bonds is 7. The molecule has 0 aromatic carbocycles. The molecule has 0 bridgehead atoms. The van der Waals surface area contributed by atoms with Crippen LogP contribution in [0.4, 0.5) is 0 Å². The molecule has 1 rings (SSSR count). The van der Waals surface area contributed by atoms with Crippen molar-refractivity contribution in [2.75, 3.05) is 33.0 Å². The molecule has 0 amide bonds. The Kier molecular flexibility index (Phi) is 6.09. The van der Waals surface area contributed by atoms with E-state index in [1.807, 2.05) is 0 Å². The second kappa shape index (κ2) is 6.88. The van der Waals surface area contributed by atoms with Gasteiger partial charge >= 0.3 is 0 Å². The van der Waals surface area contributed by atoms with Crippen LogP contribution in [0.3, 0.4) is 0 Å². The average Bonchev–Trinajstić information content (AvgIpc) is 2.70. The summed E-state index contributed by atoms with van der Waals surface area (Å²) < 4.78 is 11.3. The van der Waals surface area contributed by atoms with Gasteiger partial charge in [0.2, 0.25) is 0 Å². The predicted octanol–water partition coefficient (Wildman–Crippen LogP) is 2.84. The summed E-state index contributed by atoms with van der Waals surface area (Å²) in [6.45, 7) is 15.5. The van der Waals surface area contributed by atoms with Gasteiger partial charge in [0.15, 0.2) is 0 Å². The maximum absolute atomic E-state index is 5.73. The van der Waals surface area contributed by atoms with Gasteiger partial charge in [-0.1, -0.05) is 13.8 Å². The summed E-state index contributed by atoms with van der Waals surface area (Å²) in [7, 11) is 0. The molecule has 1 atom stereocenters. The highest BCUT2D eigenvalue weighted by atomic mass is 16.5. The number of hydrogen-bond donors (Lipinski definition) is 1. The van der Waals surface area contributed by atoms with Gasteiger partial charge < -0.3 is 14.8 Å². The first-order valence-corrected chi connectivity index (χ1v) is 7.24. The Morgan fingerprint density at radius 1 is 1.33 bits per heavy atom. The zero-order valence-electron chi connectivity index (χ0n) is 12.8. The molecule has 1 aliphatic rings. The van der Waals surface area contributed by atoms with Gasteiger partial charge in [0.05, 0.1) is 6.61 Å². The average molecular weight is 257 g/mol. The van der Waals surface area contributed by atoms with Crippen LogP contribution in [0.2, 0.25) is 0 Å². The minimum absolute atomic E-state index is 0.175. The summed E-state index contributed by atoms with van der Waals surface area (Å²) in [5.74, 6) is 0.619. The fourth-order valence-corrected chi connectivity index (χ4v) is 2.13. The van der Waals surface area contributed by atoms with E-state index in [1.165, 1.54) is 0 Å². The van der Waals surface area contributed by atoms with Crippen molar-refractivity contribution in [1.29, 1.82) is 0 Å². The van der Waals surface area contributed by atoms with E-state index >= 15 is 0 Å². The Balaban J connectivity index is 2.33. The first-order chi connectivity index (χ1) is 8.33. The molecule has 108 valence electrons. The lowest BCUT2D eigenvalue weighted by molar-refractivity contribution is 0.0649. The predicted molar refractivity (Wildman–Crippen MR) is 75.9 cm³/mol. The molecule has 0 aromatic rings. The molecule has 0 aromatic heterocycles. The van der Waals surface area contributed by atoms with Crippen molar-refractivity contribution in [1.82, 2.24) is 5.32 Å². The molecule has 18 heavy (non-hydrogen) atoms. The second-order valence-electron chi connectivity index (χ2n) is 7.12. The van der Waals surface area contributed by atoms with Crippen molar-refractivity contribution in [3.63, 3.8) is 0 Å². The van der Waals surface area contributed by atoms with Crippen LogP contribution in [0.15, 0.2) is 0 Å². The molecule has 3 heteroatoms. The van der Waals surface area contributed by atoms with Crippen LogP contribution in [-0.2, 0) is 9.47 Å². The Labute approximate surface area is 113 Å². The molecule has 0 saturated carbocycles. The summed E-state index contributed by atoms with van der Waals surface area (Å²) in [6.07, 6.45) is 2.25. The zero-order valence-corrected chi connectivity index (χ0v) is 12.8. The fraction of sp³-hybridized carbons (Fsp3) is 1.00. The molecular weight excluding hydrogens is 226 g/mol. The van der Waals surface area contributed by atoms with E-state index in [0.29, 0.717) is 5.92 Å². The summed E-state index contributed by atoms with van der Waals surface area (Å²) in [4.78, 5) is 0. The normalized spacial score (nSPS) is 25.0. The Morgan fingerprint density at radius 3 is 2.56 bits per heavy atom. The fourth-order valence-electron chi connectivity index (χ4n) is 2.13. The van der Waals surface area contributed by atoms with Crippen LogP contribution >= 0.6 is 0 Å². The molecule has 0 radical (unpaired) electrons. The van der Waals surface area contributed by atoms with Crippen LogP contribution in [0.25, 0.3) is 0 Å². The molecule has 1 heterocycles. The monoisotopic (exact) mass is 257 g/mol. The van der Waals surface area contributed by atoms with Gasteiger partial charge in [-0.05, 0) is 39.5 Å². The molecule has 0 spiro atoms. The van der Waals surface area contributed by atoms with Crippen LogP contribution in [-0.4, -0.2) is 38.5 Å². The van der Waals surface area contributed by atoms with Crippen molar-refractivity contribution in [3.05, 3.63) is 0 Å². The smallest absolute Gasteiger partial charge is 0.0536 e. The van der Waals surface area contributed by atoms with E-state index in [0.717, 1.165) is 45.8 Å². The van der Waals surface area contributed by atoms with Crippen LogP contribution < -0.4 is 5.32 Å². The Hall–Kier alpha value is -0.120. The topological polar surface area (TPSA) is 30.5 Å². The van der Waals surface area contributed by atoms with Gasteiger partial charge in [0.1, 0.15) is 0 Å². The van der Waals surface area contributed by atoms with E-state index in [-0.39, 0.29) is 11.0 Å². The maximum atomic E-state index is 5.73. The lowest BCUT2D eigenvalue weighted by Crippen LogP contribution is -2.44. The third kappa shape index (κ3) is 6.17. The summed E-state index contributed by atoms with van der Waals surface area (Å²) >= 11 is 0. The van der Waals surface area contributed by atoms with Crippen molar-refractivity contribution >= 4 is 0 Å². The molecule has 1 aliphatic heterocycles. The maximum Gasteiger partial charge on any atom is 0.0536 e. The van der Waals surface area contributed by atoms with Gasteiger partial charge in [0.25, 0.3) is 0 Å². The van der Waals surface area contributed by atoms with Gasteiger partial charge in [-0.3, -0.25) is 0 Å². The van der Waals surface area contributed by atoms with E-state index in [1.54, 1.807) is 0 Å². The highest BCUT2D eigenvalue weighted by molar-refractivity contribution is 4.87. The van der Waals surface area contributed by atoms with Crippen molar-refractivity contribution in [3.8, 4) is 0 Å². The van der Waals surface area contributed by atoms with Crippen LogP contribution in [0.1, 0.15) is 47.5 Å². The summed E-state index contributed by atoms with van der Waals surface area (Å²) in [5, 5.41) is 3.62. The van der Waals surface area contributed by atoms with E-state index in [9.17, 15) is 0 Å². The highest BCUT2D eigenvalue weighted by Gasteiger charge is 2.35. The molecule has 1 unspecified atom stereocenters. The second-order valence-corrected chi connectivity index (χ2v) is 7.12. The number of hydrogen-bond acceptors (Lipinski definition) is 3. The number of nitrogens with one attached hydrogen (secondary N) is 1. The van der Waals surface area contributed by atoms with Crippen molar-refractivity contribution in [2.45, 2.75) is 53.0 Å². The zero-order chi connectivity index (χ0) is 13.6. The third-order valence-corrected chi connectivity index (χ3v) is 3.41. The SMILES string of the molecule is CC(C)COCCC1(CNC(C)(C)C)CCOC1. The van der Waals surface area contributed by atoms with E-state index in [2.05, 4.69) is 39.9 Å². The van der Waals surface area contributed by atoms with Gasteiger partial charge in [-0.25, -0.2) is 0 Å². The van der Waals surface area contributed by atoms with Crippen LogP contribution in [0.5, 0.6) is 0 Å². The van der Waals surface area contributed by atoms with Gasteiger partial charge in [-0.15, -0.1) is 0 Å². The van der Waals surface area contributed by atoms with Crippen LogP contribution in [0, 0.1) is 11.3 Å². The standard InChI is InChI=1S/C15H31NO2/c1-13(2)10-17-8-6-15(7-9-18-12-15)11-16-14(3,4)5/h13,16H,6-12H2,1-5H3. The largest absolute Gasteiger partial charge is 0.381 e. The first-order valence-electron chi connectivity index (χ1n) is 7.24. The lowest BCUT2D eigenvalue weighted by atomic mass is 9.83. The number of ether oxygens (including phenoxy) is 2. The first kappa shape index (κ1) is 15.9. The van der Waals surface area contributed by atoms with E-state index < -0.39 is 0 Å². The molecule has 1 saturated heterocycles. The van der Waals surface area contributed by atoms with E-state index in [4.69, 9.17) is 9.47 Å². The third-order valence-electron chi connectivity index (χ3n) is 3.41. The summed E-state index contributed by atoms with van der Waals surface area (Å²) in [5.41, 5.74) is 0.457. The Bertz CT molecular complexity index is 227. The van der Waals surface area contributed by atoms with Crippen molar-refractivity contribution in [2.24, 2.45) is 11.3 Å². The lowest BCUT2D eigenvalue weighted by Gasteiger charge is -2.32. The quantitative estimate of drug-likeness (QED) is 0.711. The molecule has 0 aliphatic carbocycles. The molecule has 1 N–H and O–H groups in total. The molecule has 1 fully saturated rings.